The Balaban J connectivity index is 2.21. The van der Waals surface area contributed by atoms with Gasteiger partial charge in [0, 0.05) is 24.8 Å². The molecule has 0 spiro atoms. The van der Waals surface area contributed by atoms with E-state index in [1.54, 1.807) is 0 Å². The van der Waals surface area contributed by atoms with Gasteiger partial charge in [-0.3, -0.25) is 0 Å². The van der Waals surface area contributed by atoms with E-state index in [1.165, 1.54) is 22.5 Å². The van der Waals surface area contributed by atoms with E-state index >= 15 is 0 Å². The van der Waals surface area contributed by atoms with Crippen molar-refractivity contribution < 1.29 is 0 Å². The molecule has 3 rings (SSSR count). The summed E-state index contributed by atoms with van der Waals surface area (Å²) in [6.07, 6.45) is 4.88. The van der Waals surface area contributed by atoms with E-state index in [2.05, 4.69) is 33.1 Å². The van der Waals surface area contributed by atoms with E-state index in [-0.39, 0.29) is 0 Å². The molecule has 0 radical (unpaired) electrons. The molecule has 2 heterocycles. The lowest BCUT2D eigenvalue weighted by atomic mass is 10.1. The van der Waals surface area contributed by atoms with Gasteiger partial charge in [0.25, 0.3) is 0 Å². The maximum absolute atomic E-state index is 4.16. The van der Waals surface area contributed by atoms with Gasteiger partial charge in [0.05, 0.1) is 18.2 Å². The topological polar surface area (TPSA) is 29.9 Å². The molecule has 0 fully saturated rings. The van der Waals surface area contributed by atoms with Crippen molar-refractivity contribution in [3.8, 4) is 11.3 Å². The highest BCUT2D eigenvalue weighted by molar-refractivity contribution is 5.79. The molecule has 0 unspecified atom stereocenters. The SMILES string of the molecule is Cn1cncc1-c1cccc2c1NCC2. The molecule has 15 heavy (non-hydrogen) atoms. The number of nitrogens with one attached hydrogen (secondary N) is 1. The molecule has 0 bridgehead atoms. The van der Waals surface area contributed by atoms with Crippen LogP contribution in [0.3, 0.4) is 0 Å². The van der Waals surface area contributed by atoms with Gasteiger partial charge < -0.3 is 9.88 Å². The van der Waals surface area contributed by atoms with Crippen LogP contribution in [-0.2, 0) is 13.5 Å². The zero-order chi connectivity index (χ0) is 10.3. The molecule has 1 aliphatic heterocycles. The van der Waals surface area contributed by atoms with Gasteiger partial charge in [0.1, 0.15) is 0 Å². The fraction of sp³-hybridized carbons (Fsp3) is 0.250. The quantitative estimate of drug-likeness (QED) is 0.761. The number of hydrogen-bond acceptors (Lipinski definition) is 2. The fourth-order valence-corrected chi connectivity index (χ4v) is 2.17. The fourth-order valence-electron chi connectivity index (χ4n) is 2.17. The number of anilines is 1. The Bertz CT molecular complexity index is 499. The first-order valence-electron chi connectivity index (χ1n) is 5.19. The highest BCUT2D eigenvalue weighted by atomic mass is 15.0. The van der Waals surface area contributed by atoms with Crippen LogP contribution < -0.4 is 5.32 Å². The molecule has 3 nitrogen and oxygen atoms in total. The molecule has 0 aliphatic carbocycles. The van der Waals surface area contributed by atoms with Gasteiger partial charge in [-0.05, 0) is 12.0 Å². The number of rotatable bonds is 1. The third-order valence-corrected chi connectivity index (χ3v) is 2.94. The molecule has 1 aromatic heterocycles. The highest BCUT2D eigenvalue weighted by Crippen LogP contribution is 2.33. The summed E-state index contributed by atoms with van der Waals surface area (Å²) >= 11 is 0. The first-order valence-corrected chi connectivity index (χ1v) is 5.19. The minimum atomic E-state index is 1.05. The zero-order valence-corrected chi connectivity index (χ0v) is 8.70. The average molecular weight is 199 g/mol. The Morgan fingerprint density at radius 3 is 3.13 bits per heavy atom. The lowest BCUT2D eigenvalue weighted by Crippen LogP contribution is -1.95. The molecule has 0 atom stereocenters. The number of aromatic nitrogens is 2. The molecule has 0 amide bonds. The van der Waals surface area contributed by atoms with Crippen molar-refractivity contribution in [3.05, 3.63) is 36.3 Å². The van der Waals surface area contributed by atoms with E-state index in [9.17, 15) is 0 Å². The van der Waals surface area contributed by atoms with Gasteiger partial charge in [-0.25, -0.2) is 4.98 Å². The second kappa shape index (κ2) is 3.12. The summed E-state index contributed by atoms with van der Waals surface area (Å²) in [7, 11) is 2.02. The van der Waals surface area contributed by atoms with Gasteiger partial charge in [-0.1, -0.05) is 18.2 Å². The van der Waals surface area contributed by atoms with Crippen LogP contribution in [0, 0.1) is 0 Å². The second-order valence-corrected chi connectivity index (χ2v) is 3.91. The van der Waals surface area contributed by atoms with Gasteiger partial charge in [0.2, 0.25) is 0 Å². The van der Waals surface area contributed by atoms with Gasteiger partial charge in [0.15, 0.2) is 0 Å². The third kappa shape index (κ3) is 1.23. The molecule has 1 aliphatic rings. The maximum Gasteiger partial charge on any atom is 0.0948 e. The molecule has 1 aromatic carbocycles. The van der Waals surface area contributed by atoms with Crippen LogP contribution in [0.15, 0.2) is 30.7 Å². The first-order chi connectivity index (χ1) is 7.36. The van der Waals surface area contributed by atoms with Crippen molar-refractivity contribution in [2.45, 2.75) is 6.42 Å². The largest absolute Gasteiger partial charge is 0.384 e. The predicted molar refractivity (Wildman–Crippen MR) is 60.8 cm³/mol. The van der Waals surface area contributed by atoms with E-state index in [0.717, 1.165) is 13.0 Å². The molecule has 76 valence electrons. The number of para-hydroxylation sites is 1. The Labute approximate surface area is 88.8 Å². The summed E-state index contributed by atoms with van der Waals surface area (Å²) in [6, 6.07) is 6.46. The van der Waals surface area contributed by atoms with Crippen molar-refractivity contribution in [1.82, 2.24) is 9.55 Å². The summed E-state index contributed by atoms with van der Waals surface area (Å²) in [5.74, 6) is 0. The molecular weight excluding hydrogens is 186 g/mol. The lowest BCUT2D eigenvalue weighted by Gasteiger charge is -2.08. The summed E-state index contributed by atoms with van der Waals surface area (Å²) in [5, 5.41) is 3.44. The average Bonchev–Trinajstić information content (AvgIpc) is 2.85. The predicted octanol–water partition coefficient (Wildman–Crippen LogP) is 2.06. The molecule has 2 aromatic rings. The normalized spacial score (nSPS) is 13.7. The van der Waals surface area contributed by atoms with Crippen LogP contribution in [0.4, 0.5) is 5.69 Å². The Morgan fingerprint density at radius 1 is 1.40 bits per heavy atom. The standard InChI is InChI=1S/C12H13N3/c1-15-8-13-7-11(15)10-4-2-3-9-5-6-14-12(9)10/h2-4,7-8,14H,5-6H2,1H3. The lowest BCUT2D eigenvalue weighted by molar-refractivity contribution is 0.921. The first kappa shape index (κ1) is 8.53. The molecule has 3 heteroatoms. The number of hydrogen-bond donors (Lipinski definition) is 1. The number of fused-ring (bicyclic) bond motifs is 1. The summed E-state index contributed by atoms with van der Waals surface area (Å²) in [4.78, 5) is 4.16. The van der Waals surface area contributed by atoms with E-state index in [1.807, 2.05) is 19.6 Å². The van der Waals surface area contributed by atoms with Gasteiger partial charge in [-0.2, -0.15) is 0 Å². The minimum Gasteiger partial charge on any atom is -0.384 e. The van der Waals surface area contributed by atoms with Crippen molar-refractivity contribution >= 4 is 5.69 Å². The van der Waals surface area contributed by atoms with Crippen molar-refractivity contribution in [1.29, 1.82) is 0 Å². The Morgan fingerprint density at radius 2 is 2.33 bits per heavy atom. The number of imidazole rings is 1. The van der Waals surface area contributed by atoms with Crippen molar-refractivity contribution in [2.75, 3.05) is 11.9 Å². The van der Waals surface area contributed by atoms with Crippen LogP contribution in [0.5, 0.6) is 0 Å². The Kier molecular flexibility index (Phi) is 1.78. The van der Waals surface area contributed by atoms with Crippen LogP contribution in [0.2, 0.25) is 0 Å². The molecule has 0 saturated carbocycles. The van der Waals surface area contributed by atoms with E-state index in [0.29, 0.717) is 0 Å². The number of aryl methyl sites for hydroxylation is 1. The maximum atomic E-state index is 4.16. The second-order valence-electron chi connectivity index (χ2n) is 3.91. The van der Waals surface area contributed by atoms with Crippen LogP contribution in [-0.4, -0.2) is 16.1 Å². The Hall–Kier alpha value is -1.77. The van der Waals surface area contributed by atoms with Crippen LogP contribution >= 0.6 is 0 Å². The monoisotopic (exact) mass is 199 g/mol. The minimum absolute atomic E-state index is 1.05. The van der Waals surface area contributed by atoms with E-state index in [4.69, 9.17) is 0 Å². The molecule has 0 saturated heterocycles. The van der Waals surface area contributed by atoms with Crippen molar-refractivity contribution in [2.24, 2.45) is 7.05 Å². The van der Waals surface area contributed by atoms with Crippen molar-refractivity contribution in [3.63, 3.8) is 0 Å². The summed E-state index contributed by atoms with van der Waals surface area (Å²) in [5.41, 5.74) is 5.11. The van der Waals surface area contributed by atoms with Gasteiger partial charge >= 0.3 is 0 Å². The highest BCUT2D eigenvalue weighted by Gasteiger charge is 2.15. The van der Waals surface area contributed by atoms with Gasteiger partial charge in [-0.15, -0.1) is 0 Å². The molecular formula is C12H13N3. The third-order valence-electron chi connectivity index (χ3n) is 2.94. The number of benzene rings is 1. The molecule has 1 N–H and O–H groups in total. The smallest absolute Gasteiger partial charge is 0.0948 e. The summed E-state index contributed by atoms with van der Waals surface area (Å²) in [6.45, 7) is 1.05. The van der Waals surface area contributed by atoms with Crippen LogP contribution in [0.1, 0.15) is 5.56 Å². The number of nitrogens with zero attached hydrogens (tertiary/aromatic N) is 2. The van der Waals surface area contributed by atoms with Crippen LogP contribution in [0.25, 0.3) is 11.3 Å². The zero-order valence-electron chi connectivity index (χ0n) is 8.70. The summed E-state index contributed by atoms with van der Waals surface area (Å²) < 4.78 is 2.05. The van der Waals surface area contributed by atoms with E-state index < -0.39 is 0 Å².